The number of carbonyl (C=O) groups is 2. The van der Waals surface area contributed by atoms with Gasteiger partial charge in [0.1, 0.15) is 11.6 Å². The number of rotatable bonds is 8. The second-order valence-corrected chi connectivity index (χ2v) is 8.39. The Labute approximate surface area is 211 Å². The normalized spacial score (nSPS) is 10.7. The van der Waals surface area contributed by atoms with Crippen LogP contribution in [0.2, 0.25) is 0 Å². The molecule has 0 saturated heterocycles. The third-order valence-electron chi connectivity index (χ3n) is 4.61. The lowest BCUT2D eigenvalue weighted by Gasteiger charge is -2.14. The molecule has 172 valence electrons. The lowest BCUT2D eigenvalue weighted by atomic mass is 10.1. The number of anilines is 2. The van der Waals surface area contributed by atoms with Gasteiger partial charge in [-0.05, 0) is 83.1 Å². The van der Waals surface area contributed by atoms with Gasteiger partial charge in [0, 0.05) is 11.4 Å². The third kappa shape index (κ3) is 6.83. The Morgan fingerprint density at radius 3 is 2.44 bits per heavy atom. The topological polar surface area (TPSA) is 100 Å². The molecule has 0 aliphatic heterocycles. The fraction of sp³-hybridized carbons (Fsp3) is 0.115. The first-order valence-corrected chi connectivity index (χ1v) is 11.3. The number of nitrogens with zero attached hydrogens (tertiary/aromatic N) is 1. The molecule has 2 N–H and O–H groups in total. The second kappa shape index (κ2) is 11.9. The fourth-order valence-corrected chi connectivity index (χ4v) is 3.84. The summed E-state index contributed by atoms with van der Waals surface area (Å²) in [5.41, 5.74) is 2.83. The number of hydrogen-bond donors (Lipinski definition) is 2. The molecule has 0 unspecified atom stereocenters. The average Bonchev–Trinajstić information content (AvgIpc) is 2.82. The van der Waals surface area contributed by atoms with Gasteiger partial charge in [0.05, 0.1) is 10.7 Å². The van der Waals surface area contributed by atoms with E-state index >= 15 is 0 Å². The molecule has 3 aromatic rings. The maximum atomic E-state index is 12.5. The monoisotopic (exact) mass is 567 g/mol. The van der Waals surface area contributed by atoms with Gasteiger partial charge in [-0.3, -0.25) is 9.59 Å². The molecule has 0 saturated carbocycles. The smallest absolute Gasteiger partial charge is 0.266 e. The van der Waals surface area contributed by atoms with Crippen LogP contribution >= 0.6 is 22.6 Å². The highest BCUT2D eigenvalue weighted by Gasteiger charge is 2.15. The number of para-hydroxylation sites is 1. The van der Waals surface area contributed by atoms with E-state index in [-0.39, 0.29) is 18.1 Å². The van der Waals surface area contributed by atoms with E-state index in [4.69, 9.17) is 9.47 Å². The lowest BCUT2D eigenvalue weighted by Crippen LogP contribution is -2.20. The zero-order valence-electron chi connectivity index (χ0n) is 18.6. The molecule has 0 fully saturated rings. The molecule has 0 aliphatic rings. The van der Waals surface area contributed by atoms with Crippen LogP contribution in [0.15, 0.2) is 72.3 Å². The summed E-state index contributed by atoms with van der Waals surface area (Å²) in [6, 6.07) is 21.7. The highest BCUT2D eigenvalue weighted by Crippen LogP contribution is 2.34. The maximum absolute atomic E-state index is 12.5. The minimum Gasteiger partial charge on any atom is -0.493 e. The van der Waals surface area contributed by atoms with Crippen molar-refractivity contribution in [2.75, 3.05) is 24.4 Å². The lowest BCUT2D eigenvalue weighted by molar-refractivity contribution is -0.118. The number of benzene rings is 3. The minimum atomic E-state index is -0.518. The van der Waals surface area contributed by atoms with Gasteiger partial charge in [-0.15, -0.1) is 0 Å². The summed E-state index contributed by atoms with van der Waals surface area (Å²) in [7, 11) is 1.48. The van der Waals surface area contributed by atoms with Crippen molar-refractivity contribution in [3.8, 4) is 17.6 Å². The van der Waals surface area contributed by atoms with Crippen LogP contribution in [0.5, 0.6) is 11.5 Å². The molecule has 3 rings (SSSR count). The van der Waals surface area contributed by atoms with Crippen molar-refractivity contribution in [3.63, 3.8) is 0 Å². The zero-order valence-corrected chi connectivity index (χ0v) is 20.8. The van der Waals surface area contributed by atoms with E-state index in [9.17, 15) is 14.9 Å². The van der Waals surface area contributed by atoms with Gasteiger partial charge in [-0.1, -0.05) is 30.3 Å². The second-order valence-electron chi connectivity index (χ2n) is 7.23. The van der Waals surface area contributed by atoms with E-state index in [1.54, 1.807) is 42.5 Å². The van der Waals surface area contributed by atoms with E-state index in [2.05, 4.69) is 33.2 Å². The van der Waals surface area contributed by atoms with Crippen LogP contribution in [0.1, 0.15) is 11.1 Å². The Morgan fingerprint density at radius 1 is 1.03 bits per heavy atom. The molecule has 0 spiro atoms. The van der Waals surface area contributed by atoms with Gasteiger partial charge in [-0.2, -0.15) is 5.26 Å². The summed E-state index contributed by atoms with van der Waals surface area (Å²) in [4.78, 5) is 24.8. The van der Waals surface area contributed by atoms with Crippen LogP contribution in [0.4, 0.5) is 11.4 Å². The molecule has 0 aliphatic carbocycles. The molecule has 3 aromatic carbocycles. The number of aryl methyl sites for hydroxylation is 1. The molecule has 2 amide bonds. The Kier molecular flexibility index (Phi) is 8.65. The molecular weight excluding hydrogens is 545 g/mol. The van der Waals surface area contributed by atoms with Crippen molar-refractivity contribution in [2.24, 2.45) is 0 Å². The predicted octanol–water partition coefficient (Wildman–Crippen LogP) is 5.17. The summed E-state index contributed by atoms with van der Waals surface area (Å²) in [5, 5.41) is 15.0. The number of nitriles is 1. The standard InChI is InChI=1S/C26H22IN3O4/c1-17-7-6-10-21(11-17)29-24(31)16-34-25-22(27)13-18(14-23(25)33-2)12-19(15-28)26(32)30-20-8-4-3-5-9-20/h3-14H,16H2,1-2H3,(H,29,31)(H,30,32)/b19-12+. The number of amides is 2. The Morgan fingerprint density at radius 2 is 1.76 bits per heavy atom. The van der Waals surface area contributed by atoms with Crippen LogP contribution in [-0.2, 0) is 9.59 Å². The van der Waals surface area contributed by atoms with Crippen molar-refractivity contribution < 1.29 is 19.1 Å². The van der Waals surface area contributed by atoms with Crippen molar-refractivity contribution in [1.82, 2.24) is 0 Å². The van der Waals surface area contributed by atoms with E-state index < -0.39 is 5.91 Å². The van der Waals surface area contributed by atoms with Gasteiger partial charge in [-0.25, -0.2) is 0 Å². The number of hydrogen-bond acceptors (Lipinski definition) is 5. The Hall–Kier alpha value is -3.84. The van der Waals surface area contributed by atoms with Gasteiger partial charge >= 0.3 is 0 Å². The van der Waals surface area contributed by atoms with Crippen molar-refractivity contribution in [1.29, 1.82) is 5.26 Å². The maximum Gasteiger partial charge on any atom is 0.266 e. The van der Waals surface area contributed by atoms with Crippen molar-refractivity contribution in [2.45, 2.75) is 6.92 Å². The largest absolute Gasteiger partial charge is 0.493 e. The highest BCUT2D eigenvalue weighted by atomic mass is 127. The number of nitrogens with one attached hydrogen (secondary N) is 2. The zero-order chi connectivity index (χ0) is 24.5. The molecule has 34 heavy (non-hydrogen) atoms. The van der Waals surface area contributed by atoms with Crippen LogP contribution in [0.25, 0.3) is 6.08 Å². The predicted molar refractivity (Wildman–Crippen MR) is 140 cm³/mol. The molecule has 7 nitrogen and oxygen atoms in total. The summed E-state index contributed by atoms with van der Waals surface area (Å²) in [5.74, 6) is -0.0539. The van der Waals surface area contributed by atoms with Crippen LogP contribution in [-0.4, -0.2) is 25.5 Å². The van der Waals surface area contributed by atoms with E-state index in [1.807, 2.05) is 37.3 Å². The molecular formula is C26H22IN3O4. The minimum absolute atomic E-state index is 0.0621. The Balaban J connectivity index is 1.73. The molecule has 0 radical (unpaired) electrons. The van der Waals surface area contributed by atoms with Crippen molar-refractivity contribution in [3.05, 3.63) is 87.0 Å². The molecule has 0 aromatic heterocycles. The van der Waals surface area contributed by atoms with Gasteiger partial charge < -0.3 is 20.1 Å². The first kappa shape index (κ1) is 24.8. The third-order valence-corrected chi connectivity index (χ3v) is 5.41. The molecule has 0 bridgehead atoms. The highest BCUT2D eigenvalue weighted by molar-refractivity contribution is 14.1. The summed E-state index contributed by atoms with van der Waals surface area (Å²) >= 11 is 2.06. The van der Waals surface area contributed by atoms with Crippen LogP contribution in [0, 0.1) is 21.8 Å². The SMILES string of the molecule is COc1cc(/C=C(\C#N)C(=O)Nc2ccccc2)cc(I)c1OCC(=O)Nc1cccc(C)c1. The summed E-state index contributed by atoms with van der Waals surface area (Å²) in [6.07, 6.45) is 1.47. The van der Waals surface area contributed by atoms with Gasteiger partial charge in [0.25, 0.3) is 11.8 Å². The van der Waals surface area contributed by atoms with Crippen molar-refractivity contribution >= 4 is 51.9 Å². The summed E-state index contributed by atoms with van der Waals surface area (Å²) in [6.45, 7) is 1.73. The average molecular weight is 567 g/mol. The van der Waals surface area contributed by atoms with Gasteiger partial charge in [0.2, 0.25) is 0 Å². The number of methoxy groups -OCH3 is 1. The number of halogens is 1. The first-order valence-electron chi connectivity index (χ1n) is 10.2. The quantitative estimate of drug-likeness (QED) is 0.222. The van der Waals surface area contributed by atoms with Crippen LogP contribution in [0.3, 0.4) is 0 Å². The number of ether oxygens (including phenoxy) is 2. The number of carbonyl (C=O) groups excluding carboxylic acids is 2. The van der Waals surface area contributed by atoms with E-state index in [0.29, 0.717) is 32.0 Å². The summed E-state index contributed by atoms with van der Waals surface area (Å²) < 4.78 is 11.8. The van der Waals surface area contributed by atoms with Gasteiger partial charge in [0.15, 0.2) is 18.1 Å². The Bertz CT molecular complexity index is 1270. The van der Waals surface area contributed by atoms with Crippen LogP contribution < -0.4 is 20.1 Å². The first-order chi connectivity index (χ1) is 16.4. The van der Waals surface area contributed by atoms with E-state index in [1.165, 1.54) is 13.2 Å². The molecule has 8 heteroatoms. The molecule has 0 atom stereocenters. The molecule has 0 heterocycles. The van der Waals surface area contributed by atoms with E-state index in [0.717, 1.165) is 5.56 Å². The fourth-order valence-electron chi connectivity index (χ4n) is 3.06.